The summed E-state index contributed by atoms with van der Waals surface area (Å²) in [4.78, 5) is 27.6. The molecule has 5 aromatic rings. The molecule has 2 heterocycles. The van der Waals surface area contributed by atoms with Gasteiger partial charge in [-0.3, -0.25) is 4.79 Å². The van der Waals surface area contributed by atoms with Crippen LogP contribution in [0.4, 0.5) is 0 Å². The molecule has 0 spiro atoms. The molecule has 0 unspecified atom stereocenters. The van der Waals surface area contributed by atoms with Gasteiger partial charge < -0.3 is 35.1 Å². The van der Waals surface area contributed by atoms with Crippen molar-refractivity contribution >= 4 is 39.8 Å². The molecule has 0 radical (unpaired) electrons. The first kappa shape index (κ1) is 23.6. The summed E-state index contributed by atoms with van der Waals surface area (Å²) in [6.45, 7) is 0. The van der Waals surface area contributed by atoms with E-state index in [-0.39, 0.29) is 29.3 Å². The molecule has 6 N–H and O–H groups in total. The second kappa shape index (κ2) is 9.46. The number of H-pyrrole nitrogens is 1. The molecular formula is C28H22N2O7. The molecule has 3 aromatic carbocycles. The van der Waals surface area contributed by atoms with Crippen LogP contribution in [0.3, 0.4) is 0 Å². The van der Waals surface area contributed by atoms with Crippen LogP contribution in [-0.4, -0.2) is 43.3 Å². The summed E-state index contributed by atoms with van der Waals surface area (Å²) in [7, 11) is 0. The van der Waals surface area contributed by atoms with Crippen LogP contribution < -0.4 is 5.32 Å². The van der Waals surface area contributed by atoms with Crippen LogP contribution in [0.25, 0.3) is 39.3 Å². The van der Waals surface area contributed by atoms with E-state index in [1.54, 1.807) is 24.4 Å². The van der Waals surface area contributed by atoms with Crippen molar-refractivity contribution in [1.82, 2.24) is 10.3 Å². The van der Waals surface area contributed by atoms with Gasteiger partial charge >= 0.3 is 5.97 Å². The third kappa shape index (κ3) is 4.70. The quantitative estimate of drug-likeness (QED) is 0.142. The largest absolute Gasteiger partial charge is 0.504 e. The molecule has 5 rings (SSSR count). The average Bonchev–Trinajstić information content (AvgIpc) is 3.51. The fourth-order valence-corrected chi connectivity index (χ4v) is 4.20. The maximum Gasteiger partial charge on any atom is 0.326 e. The Kier molecular flexibility index (Phi) is 6.02. The Balaban J connectivity index is 1.37. The first-order valence-electron chi connectivity index (χ1n) is 11.3. The number of aromatic amines is 1. The summed E-state index contributed by atoms with van der Waals surface area (Å²) >= 11 is 0. The van der Waals surface area contributed by atoms with Gasteiger partial charge in [0.05, 0.1) is 0 Å². The SMILES string of the molecule is O=C(C=Cc1ccc(O)c2oc(-c3ccc(O)c(O)c3)cc12)N[C@H](Cc1c[nH]c2ccccc12)C(=O)O. The Morgan fingerprint density at radius 3 is 2.51 bits per heavy atom. The third-order valence-electron chi connectivity index (χ3n) is 6.08. The predicted molar refractivity (Wildman–Crippen MR) is 137 cm³/mol. The van der Waals surface area contributed by atoms with Crippen molar-refractivity contribution in [2.24, 2.45) is 0 Å². The Morgan fingerprint density at radius 2 is 1.73 bits per heavy atom. The molecule has 37 heavy (non-hydrogen) atoms. The van der Waals surface area contributed by atoms with Crippen molar-refractivity contribution in [3.05, 3.63) is 84.1 Å². The van der Waals surface area contributed by atoms with Crippen LogP contribution in [-0.2, 0) is 16.0 Å². The number of carbonyl (C=O) groups excluding carboxylic acids is 1. The average molecular weight is 498 g/mol. The highest BCUT2D eigenvalue weighted by Gasteiger charge is 2.21. The smallest absolute Gasteiger partial charge is 0.326 e. The number of hydrogen-bond donors (Lipinski definition) is 6. The van der Waals surface area contributed by atoms with Gasteiger partial charge in [0.1, 0.15) is 11.8 Å². The fraction of sp³-hybridized carbons (Fsp3) is 0.0714. The number of aromatic hydroxyl groups is 3. The van der Waals surface area contributed by atoms with Crippen molar-refractivity contribution in [3.63, 3.8) is 0 Å². The van der Waals surface area contributed by atoms with Crippen LogP contribution in [0.5, 0.6) is 17.2 Å². The molecule has 9 heteroatoms. The first-order chi connectivity index (χ1) is 17.8. The van der Waals surface area contributed by atoms with Gasteiger partial charge in [0.15, 0.2) is 22.8 Å². The lowest BCUT2D eigenvalue weighted by atomic mass is 10.0. The standard InChI is InChI=1S/C28H22N2O7/c31-22-8-6-16(12-24(22)33)25-13-19-15(5-9-23(32)27(19)37-25)7-10-26(34)30-21(28(35)36)11-17-14-29-20-4-2-1-3-18(17)20/h1-10,12-14,21,29,31-33H,11H2,(H,30,34)(H,35,36)/t21-/m1/s1. The van der Waals surface area contributed by atoms with E-state index in [9.17, 15) is 30.0 Å². The van der Waals surface area contributed by atoms with Gasteiger partial charge in [-0.05, 0) is 53.6 Å². The van der Waals surface area contributed by atoms with Crippen LogP contribution in [0, 0.1) is 0 Å². The Labute approximate surface area is 209 Å². The molecule has 2 aromatic heterocycles. The van der Waals surface area contributed by atoms with Crippen LogP contribution in [0.2, 0.25) is 0 Å². The Bertz CT molecular complexity index is 1680. The van der Waals surface area contributed by atoms with Crippen molar-refractivity contribution in [1.29, 1.82) is 0 Å². The number of amides is 1. The van der Waals surface area contributed by atoms with Gasteiger partial charge in [-0.2, -0.15) is 0 Å². The lowest BCUT2D eigenvalue weighted by Gasteiger charge is -2.13. The van der Waals surface area contributed by atoms with E-state index in [0.717, 1.165) is 16.5 Å². The molecule has 9 nitrogen and oxygen atoms in total. The fourth-order valence-electron chi connectivity index (χ4n) is 4.20. The van der Waals surface area contributed by atoms with Gasteiger partial charge in [-0.15, -0.1) is 0 Å². The van der Waals surface area contributed by atoms with Gasteiger partial charge in [-0.25, -0.2) is 4.79 Å². The number of furan rings is 1. The summed E-state index contributed by atoms with van der Waals surface area (Å²) in [5.74, 6) is -2.14. The number of aromatic nitrogens is 1. The monoisotopic (exact) mass is 498 g/mol. The summed E-state index contributed by atoms with van der Waals surface area (Å²) < 4.78 is 5.76. The van der Waals surface area contributed by atoms with E-state index in [2.05, 4.69) is 10.3 Å². The maximum absolute atomic E-state index is 12.6. The molecule has 0 aliphatic heterocycles. The number of aliphatic carboxylic acids is 1. The zero-order valence-corrected chi connectivity index (χ0v) is 19.3. The summed E-state index contributed by atoms with van der Waals surface area (Å²) in [5, 5.41) is 43.2. The number of rotatable bonds is 7. The molecule has 186 valence electrons. The van der Waals surface area contributed by atoms with E-state index < -0.39 is 17.9 Å². The van der Waals surface area contributed by atoms with Crippen molar-refractivity contribution in [2.45, 2.75) is 12.5 Å². The van der Waals surface area contributed by atoms with Gasteiger partial charge in [0, 0.05) is 40.5 Å². The number of carbonyl (C=O) groups is 2. The molecule has 1 atom stereocenters. The molecule has 1 amide bonds. The summed E-state index contributed by atoms with van der Waals surface area (Å²) in [6.07, 6.45) is 4.55. The summed E-state index contributed by atoms with van der Waals surface area (Å²) in [5.41, 5.74) is 2.85. The zero-order chi connectivity index (χ0) is 26.1. The number of nitrogens with one attached hydrogen (secondary N) is 2. The minimum atomic E-state index is -1.16. The number of fused-ring (bicyclic) bond motifs is 2. The summed E-state index contributed by atoms with van der Waals surface area (Å²) in [6, 6.07) is 15.2. The van der Waals surface area contributed by atoms with E-state index in [1.807, 2.05) is 24.3 Å². The third-order valence-corrected chi connectivity index (χ3v) is 6.08. The number of benzene rings is 3. The molecule has 0 aliphatic carbocycles. The molecule has 0 aliphatic rings. The van der Waals surface area contributed by atoms with Gasteiger partial charge in [0.25, 0.3) is 0 Å². The van der Waals surface area contributed by atoms with Gasteiger partial charge in [0.2, 0.25) is 5.91 Å². The minimum Gasteiger partial charge on any atom is -0.504 e. The lowest BCUT2D eigenvalue weighted by Crippen LogP contribution is -2.41. The highest BCUT2D eigenvalue weighted by Crippen LogP contribution is 2.37. The molecule has 0 fully saturated rings. The Morgan fingerprint density at radius 1 is 0.946 bits per heavy atom. The minimum absolute atomic E-state index is 0.104. The second-order valence-electron chi connectivity index (χ2n) is 8.53. The predicted octanol–water partition coefficient (Wildman–Crippen LogP) is 4.52. The van der Waals surface area contributed by atoms with Crippen molar-refractivity contribution in [3.8, 4) is 28.6 Å². The highest BCUT2D eigenvalue weighted by molar-refractivity contribution is 5.99. The number of hydrogen-bond acceptors (Lipinski definition) is 6. The first-order valence-corrected chi connectivity index (χ1v) is 11.3. The number of phenolic OH excluding ortho intramolecular Hbond substituents is 3. The van der Waals surface area contributed by atoms with E-state index >= 15 is 0 Å². The lowest BCUT2D eigenvalue weighted by molar-refractivity contribution is -0.141. The second-order valence-corrected chi connectivity index (χ2v) is 8.53. The molecule has 0 saturated carbocycles. The van der Waals surface area contributed by atoms with E-state index in [4.69, 9.17) is 4.42 Å². The highest BCUT2D eigenvalue weighted by atomic mass is 16.4. The Hall–Kier alpha value is -5.18. The van der Waals surface area contributed by atoms with Crippen LogP contribution >= 0.6 is 0 Å². The van der Waals surface area contributed by atoms with Gasteiger partial charge in [-0.1, -0.05) is 24.3 Å². The number of para-hydroxylation sites is 1. The van der Waals surface area contributed by atoms with Crippen molar-refractivity contribution < 1.29 is 34.4 Å². The number of carboxylic acids is 1. The number of phenols is 3. The molecule has 0 bridgehead atoms. The van der Waals surface area contributed by atoms with E-state index in [0.29, 0.717) is 22.3 Å². The zero-order valence-electron chi connectivity index (χ0n) is 19.3. The molecular weight excluding hydrogens is 476 g/mol. The normalized spacial score (nSPS) is 12.3. The topological polar surface area (TPSA) is 156 Å². The molecule has 0 saturated heterocycles. The van der Waals surface area contributed by atoms with Crippen molar-refractivity contribution in [2.75, 3.05) is 0 Å². The maximum atomic E-state index is 12.6. The number of carboxylic acid groups (broad SMARTS) is 1. The van der Waals surface area contributed by atoms with Crippen LogP contribution in [0.1, 0.15) is 11.1 Å². The van der Waals surface area contributed by atoms with E-state index in [1.165, 1.54) is 30.4 Å². The van der Waals surface area contributed by atoms with Crippen LogP contribution in [0.15, 0.2) is 77.4 Å².